The fourth-order valence-corrected chi connectivity index (χ4v) is 3.66. The molecule has 7 N–H and O–H groups in total. The molecule has 11 heteroatoms. The molecule has 1 fully saturated rings. The number of amides is 1. The van der Waals surface area contributed by atoms with Crippen molar-refractivity contribution in [1.29, 1.82) is 5.41 Å². The molecular weight excluding hydrogens is 411 g/mol. The number of primary amides is 1. The number of hydrogen-bond acceptors (Lipinski definition) is 7. The number of nitrogens with two attached hydrogens (primary N) is 1. The summed E-state index contributed by atoms with van der Waals surface area (Å²) in [6.45, 7) is 0. The molecule has 1 aromatic heterocycles. The van der Waals surface area contributed by atoms with Crippen LogP contribution in [0.25, 0.3) is 0 Å². The number of anilines is 2. The molecule has 1 aliphatic heterocycles. The summed E-state index contributed by atoms with van der Waals surface area (Å²) in [5.74, 6) is -5.18. The van der Waals surface area contributed by atoms with Crippen LogP contribution in [0, 0.1) is 11.2 Å². The third-order valence-electron chi connectivity index (χ3n) is 5.15. The Labute approximate surface area is 177 Å². The van der Waals surface area contributed by atoms with Gasteiger partial charge in [-0.2, -0.15) is 0 Å². The Morgan fingerprint density at radius 2 is 2.16 bits per heavy atom. The fourth-order valence-electron chi connectivity index (χ4n) is 3.66. The van der Waals surface area contributed by atoms with Crippen LogP contribution in [-0.2, 0) is 0 Å². The number of nitrogens with one attached hydrogen (secondary N) is 5. The van der Waals surface area contributed by atoms with Crippen LogP contribution < -0.4 is 27.0 Å². The van der Waals surface area contributed by atoms with Gasteiger partial charge in [0, 0.05) is 24.9 Å². The van der Waals surface area contributed by atoms with Crippen LogP contribution in [-0.4, -0.2) is 42.2 Å². The molecule has 31 heavy (non-hydrogen) atoms. The van der Waals surface area contributed by atoms with Gasteiger partial charge >= 0.3 is 0 Å². The highest BCUT2D eigenvalue weighted by Crippen LogP contribution is 2.35. The molecule has 3 rings (SSSR count). The first-order valence-electron chi connectivity index (χ1n) is 9.70. The van der Waals surface area contributed by atoms with E-state index < -0.39 is 29.7 Å². The summed E-state index contributed by atoms with van der Waals surface area (Å²) in [4.78, 5) is 15.9. The number of allylic oxidation sites excluding steroid dienone is 4. The third-order valence-corrected chi connectivity index (χ3v) is 5.15. The van der Waals surface area contributed by atoms with E-state index in [0.29, 0.717) is 12.1 Å². The SMILES string of the molecule is CN[C@@H]1[C@H](Nc2nc(N/C(C=N)=C3\C=CC=CN3)c(C(N)=O)cc2F)CCCC1(F)F. The summed E-state index contributed by atoms with van der Waals surface area (Å²) in [6, 6.07) is -1.10. The molecule has 1 amide bonds. The summed E-state index contributed by atoms with van der Waals surface area (Å²) < 4.78 is 43.2. The zero-order chi connectivity index (χ0) is 22.6. The number of carbonyl (C=O) groups excluding carboxylic acids is 1. The number of nitrogens with zero attached hydrogens (tertiary/aromatic N) is 1. The Kier molecular flexibility index (Phi) is 6.64. The minimum Gasteiger partial charge on any atom is -0.365 e. The average Bonchev–Trinajstić information content (AvgIpc) is 2.73. The molecule has 8 nitrogen and oxygen atoms in total. The summed E-state index contributed by atoms with van der Waals surface area (Å²) in [6.07, 6.45) is 8.19. The molecule has 1 aromatic rings. The van der Waals surface area contributed by atoms with Crippen molar-refractivity contribution >= 4 is 23.8 Å². The van der Waals surface area contributed by atoms with Crippen LogP contribution in [0.4, 0.5) is 24.8 Å². The van der Waals surface area contributed by atoms with Crippen LogP contribution in [0.5, 0.6) is 0 Å². The number of dihydropyridines is 1. The zero-order valence-corrected chi connectivity index (χ0v) is 16.8. The molecule has 0 spiro atoms. The normalized spacial score (nSPS) is 23.6. The number of halogens is 3. The predicted octanol–water partition coefficient (Wildman–Crippen LogP) is 2.45. The third kappa shape index (κ3) is 4.88. The first-order valence-corrected chi connectivity index (χ1v) is 9.70. The van der Waals surface area contributed by atoms with Gasteiger partial charge in [-0.05, 0) is 38.1 Å². The summed E-state index contributed by atoms with van der Waals surface area (Å²) in [7, 11) is 1.42. The van der Waals surface area contributed by atoms with Crippen molar-refractivity contribution in [2.24, 2.45) is 5.73 Å². The van der Waals surface area contributed by atoms with E-state index in [2.05, 4.69) is 26.3 Å². The highest BCUT2D eigenvalue weighted by molar-refractivity contribution is 5.99. The fraction of sp³-hybridized carbons (Fsp3) is 0.350. The van der Waals surface area contributed by atoms with Crippen molar-refractivity contribution in [3.05, 3.63) is 53.3 Å². The minimum atomic E-state index is -2.96. The lowest BCUT2D eigenvalue weighted by molar-refractivity contribution is -0.0654. The van der Waals surface area contributed by atoms with Gasteiger partial charge in [0.1, 0.15) is 5.82 Å². The molecule has 2 heterocycles. The maximum absolute atomic E-state index is 14.7. The van der Waals surface area contributed by atoms with Gasteiger partial charge in [-0.25, -0.2) is 18.2 Å². The maximum Gasteiger partial charge on any atom is 0.265 e. The highest BCUT2D eigenvalue weighted by atomic mass is 19.3. The van der Waals surface area contributed by atoms with Gasteiger partial charge in [-0.15, -0.1) is 0 Å². The number of pyridine rings is 1. The first kappa shape index (κ1) is 22.3. The van der Waals surface area contributed by atoms with Gasteiger partial charge in [0.05, 0.1) is 23.0 Å². The molecule has 0 unspecified atom stereocenters. The van der Waals surface area contributed by atoms with E-state index in [1.807, 2.05) is 0 Å². The Morgan fingerprint density at radius 1 is 1.39 bits per heavy atom. The standard InChI is InChI=1S/C20H24F3N7O/c1-26-16-14(6-4-7-20(16,22)23)28-19-12(21)9-11(17(25)31)18(30-19)29-15(10-24)13-5-2-3-8-27-13/h2-3,5,8-10,14,16,24,26-27H,4,6-7H2,1H3,(H2,25,31)(H2,28,29,30)/b15-13+,24-10?/t14-,16-/m1/s1. The van der Waals surface area contributed by atoms with E-state index in [1.54, 1.807) is 24.4 Å². The molecule has 1 aliphatic carbocycles. The van der Waals surface area contributed by atoms with Gasteiger partial charge in [0.2, 0.25) is 0 Å². The molecule has 0 saturated heterocycles. The number of hydrogen-bond donors (Lipinski definition) is 6. The first-order chi connectivity index (χ1) is 14.8. The molecule has 0 aromatic carbocycles. The predicted molar refractivity (Wildman–Crippen MR) is 113 cm³/mol. The molecule has 2 aliphatic rings. The number of rotatable bonds is 7. The van der Waals surface area contributed by atoms with Crippen LogP contribution in [0.1, 0.15) is 29.6 Å². The van der Waals surface area contributed by atoms with Gasteiger partial charge in [-0.1, -0.05) is 6.08 Å². The van der Waals surface area contributed by atoms with Crippen molar-refractivity contribution in [2.75, 3.05) is 17.7 Å². The number of likely N-dealkylation sites (N-methyl/N-ethyl adjacent to an activating group) is 1. The van der Waals surface area contributed by atoms with Gasteiger partial charge < -0.3 is 32.4 Å². The average molecular weight is 435 g/mol. The molecule has 0 radical (unpaired) electrons. The Balaban J connectivity index is 1.96. The van der Waals surface area contributed by atoms with Crippen molar-refractivity contribution in [3.63, 3.8) is 0 Å². The van der Waals surface area contributed by atoms with E-state index in [4.69, 9.17) is 11.1 Å². The lowest BCUT2D eigenvalue weighted by atomic mass is 9.87. The summed E-state index contributed by atoms with van der Waals surface area (Å²) in [5, 5.41) is 18.7. The Morgan fingerprint density at radius 3 is 2.77 bits per heavy atom. The van der Waals surface area contributed by atoms with Crippen molar-refractivity contribution in [2.45, 2.75) is 37.3 Å². The maximum atomic E-state index is 14.7. The quantitative estimate of drug-likeness (QED) is 0.365. The highest BCUT2D eigenvalue weighted by Gasteiger charge is 2.46. The van der Waals surface area contributed by atoms with Crippen LogP contribution in [0.2, 0.25) is 0 Å². The number of alkyl halides is 2. The van der Waals surface area contributed by atoms with Crippen LogP contribution in [0.15, 0.2) is 41.9 Å². The second kappa shape index (κ2) is 9.21. The topological polar surface area (TPSA) is 128 Å². The van der Waals surface area contributed by atoms with Crippen molar-refractivity contribution < 1.29 is 18.0 Å². The van der Waals surface area contributed by atoms with Crippen LogP contribution >= 0.6 is 0 Å². The second-order valence-electron chi connectivity index (χ2n) is 7.21. The van der Waals surface area contributed by atoms with E-state index >= 15 is 0 Å². The van der Waals surface area contributed by atoms with Crippen molar-refractivity contribution in [1.82, 2.24) is 15.6 Å². The Hall–Kier alpha value is -3.34. The lowest BCUT2D eigenvalue weighted by Crippen LogP contribution is -2.56. The summed E-state index contributed by atoms with van der Waals surface area (Å²) in [5.41, 5.74) is 5.88. The number of carbonyl (C=O) groups is 1. The largest absolute Gasteiger partial charge is 0.365 e. The monoisotopic (exact) mass is 435 g/mol. The molecule has 0 bridgehead atoms. The Bertz CT molecular complexity index is 958. The molecule has 1 saturated carbocycles. The van der Waals surface area contributed by atoms with E-state index in [0.717, 1.165) is 12.3 Å². The van der Waals surface area contributed by atoms with Gasteiger partial charge in [-0.3, -0.25) is 4.79 Å². The van der Waals surface area contributed by atoms with Crippen LogP contribution in [0.3, 0.4) is 0 Å². The summed E-state index contributed by atoms with van der Waals surface area (Å²) >= 11 is 0. The van der Waals surface area contributed by atoms with E-state index in [1.165, 1.54) is 7.05 Å². The lowest BCUT2D eigenvalue weighted by Gasteiger charge is -2.38. The van der Waals surface area contributed by atoms with Crippen molar-refractivity contribution in [3.8, 4) is 0 Å². The molecule has 166 valence electrons. The molecular formula is C20H24F3N7O. The van der Waals surface area contributed by atoms with Gasteiger partial charge in [0.25, 0.3) is 11.8 Å². The smallest absolute Gasteiger partial charge is 0.265 e. The number of aromatic nitrogens is 1. The van der Waals surface area contributed by atoms with Gasteiger partial charge in [0.15, 0.2) is 11.6 Å². The van der Waals surface area contributed by atoms with E-state index in [9.17, 15) is 18.0 Å². The zero-order valence-electron chi connectivity index (χ0n) is 16.8. The minimum absolute atomic E-state index is 0.101. The second-order valence-corrected chi connectivity index (χ2v) is 7.21. The molecule has 2 atom stereocenters. The van der Waals surface area contributed by atoms with E-state index in [-0.39, 0.29) is 35.7 Å².